The van der Waals surface area contributed by atoms with E-state index in [4.69, 9.17) is 0 Å². The van der Waals surface area contributed by atoms with Crippen LogP contribution in [0.25, 0.3) is 33.4 Å². The summed E-state index contributed by atoms with van der Waals surface area (Å²) in [7, 11) is 0. The first-order valence-electron chi connectivity index (χ1n) is 20.3. The highest BCUT2D eigenvalue weighted by atomic mass is 15.1. The van der Waals surface area contributed by atoms with Gasteiger partial charge in [-0.1, -0.05) is 167 Å². The van der Waals surface area contributed by atoms with Gasteiger partial charge in [-0.2, -0.15) is 0 Å². The van der Waals surface area contributed by atoms with Gasteiger partial charge in [0.15, 0.2) is 0 Å². The molecule has 0 saturated carbocycles. The number of hydrogen-bond donors (Lipinski definition) is 0. The summed E-state index contributed by atoms with van der Waals surface area (Å²) >= 11 is 0. The van der Waals surface area contributed by atoms with Crippen LogP contribution >= 0.6 is 0 Å². The molecule has 0 bridgehead atoms. The van der Waals surface area contributed by atoms with Crippen molar-refractivity contribution >= 4 is 11.4 Å². The molecule has 0 aliphatic heterocycles. The molecule has 0 aromatic heterocycles. The van der Waals surface area contributed by atoms with E-state index in [1.165, 1.54) is 95.0 Å². The molecule has 1 spiro atoms. The Morgan fingerprint density at radius 3 is 1.68 bits per heavy atom. The average molecular weight is 720 g/mol. The molecule has 0 atom stereocenters. The molecule has 4 aliphatic carbocycles. The summed E-state index contributed by atoms with van der Waals surface area (Å²) in [6, 6.07) is 59.9. The van der Waals surface area contributed by atoms with Crippen LogP contribution in [0.2, 0.25) is 0 Å². The molecule has 0 amide bonds. The SMILES string of the molecule is CC1(C)c2cc(-c3cccc4c3-c3ccccc3C43c4ccccc4C(C)(C)c4ccccc43)ccc2-c2ccc(N(C3=CCCC=C3)c3ccccc3)cc21. The summed E-state index contributed by atoms with van der Waals surface area (Å²) in [5.74, 6) is 0. The Bertz CT molecular complexity index is 2760. The first-order valence-corrected chi connectivity index (χ1v) is 20.3. The average Bonchev–Trinajstić information content (AvgIpc) is 3.66. The third-order valence-corrected chi connectivity index (χ3v) is 13.6. The van der Waals surface area contributed by atoms with Crippen molar-refractivity contribution in [2.45, 2.75) is 56.8 Å². The molecule has 0 heterocycles. The van der Waals surface area contributed by atoms with Crippen molar-refractivity contribution in [1.29, 1.82) is 0 Å². The zero-order valence-electron chi connectivity index (χ0n) is 32.6. The predicted molar refractivity (Wildman–Crippen MR) is 234 cm³/mol. The van der Waals surface area contributed by atoms with Crippen LogP contribution in [-0.4, -0.2) is 0 Å². The van der Waals surface area contributed by atoms with Crippen LogP contribution in [-0.2, 0) is 16.2 Å². The van der Waals surface area contributed by atoms with E-state index in [9.17, 15) is 0 Å². The van der Waals surface area contributed by atoms with Crippen LogP contribution in [0, 0.1) is 0 Å². The molecule has 7 aromatic carbocycles. The highest BCUT2D eigenvalue weighted by molar-refractivity contribution is 5.97. The lowest BCUT2D eigenvalue weighted by Crippen LogP contribution is -2.40. The van der Waals surface area contributed by atoms with Crippen LogP contribution in [0.3, 0.4) is 0 Å². The molecule has 11 rings (SSSR count). The number of hydrogen-bond acceptors (Lipinski definition) is 1. The molecular weight excluding hydrogens is 675 g/mol. The predicted octanol–water partition coefficient (Wildman–Crippen LogP) is 14.0. The zero-order valence-corrected chi connectivity index (χ0v) is 32.6. The fourth-order valence-corrected chi connectivity index (χ4v) is 11.0. The van der Waals surface area contributed by atoms with Gasteiger partial charge in [-0.25, -0.2) is 0 Å². The Hall–Kier alpha value is -6.18. The van der Waals surface area contributed by atoms with Gasteiger partial charge in [0, 0.05) is 27.9 Å². The van der Waals surface area contributed by atoms with Crippen molar-refractivity contribution in [3.05, 3.63) is 226 Å². The minimum absolute atomic E-state index is 0.115. The Kier molecular flexibility index (Phi) is 7.06. The third kappa shape index (κ3) is 4.37. The van der Waals surface area contributed by atoms with Crippen molar-refractivity contribution in [3.8, 4) is 33.4 Å². The van der Waals surface area contributed by atoms with Crippen LogP contribution in [0.4, 0.5) is 11.4 Å². The van der Waals surface area contributed by atoms with Crippen LogP contribution < -0.4 is 4.90 Å². The summed E-state index contributed by atoms with van der Waals surface area (Å²) in [6.45, 7) is 9.61. The quantitative estimate of drug-likeness (QED) is 0.175. The summed E-state index contributed by atoms with van der Waals surface area (Å²) in [5, 5.41) is 0. The molecule has 0 N–H and O–H groups in total. The van der Waals surface area contributed by atoms with Gasteiger partial charge < -0.3 is 4.90 Å². The van der Waals surface area contributed by atoms with Crippen LogP contribution in [0.5, 0.6) is 0 Å². The van der Waals surface area contributed by atoms with Crippen molar-refractivity contribution in [3.63, 3.8) is 0 Å². The second-order valence-electron chi connectivity index (χ2n) is 17.1. The standard InChI is InChI=1S/C55H45N/c1-53(2)45-25-13-15-27-47(45)55(48-28-16-14-26-46(48)53)44-24-12-11-22-43(44)52-40(23-17-29-49(52)55)36-30-32-41-42-33-31-39(35-51(42)54(3,4)50(41)34-36)56(37-18-7-5-8-19-37)38-20-9-6-10-21-38/h5,7-9,11-35H,6,10H2,1-4H3. The normalized spacial score (nSPS) is 16.9. The van der Waals surface area contributed by atoms with Gasteiger partial charge in [-0.3, -0.25) is 0 Å². The van der Waals surface area contributed by atoms with Crippen LogP contribution in [0.1, 0.15) is 85.0 Å². The second kappa shape index (κ2) is 11.9. The van der Waals surface area contributed by atoms with Gasteiger partial charge in [0.25, 0.3) is 0 Å². The number of nitrogens with zero attached hydrogens (tertiary/aromatic N) is 1. The maximum absolute atomic E-state index is 2.51. The van der Waals surface area contributed by atoms with E-state index in [-0.39, 0.29) is 10.8 Å². The van der Waals surface area contributed by atoms with Gasteiger partial charge in [-0.05, 0) is 127 Å². The van der Waals surface area contributed by atoms with Crippen molar-refractivity contribution in [1.82, 2.24) is 0 Å². The maximum atomic E-state index is 2.51. The lowest BCUT2D eigenvalue weighted by molar-refractivity contribution is 0.563. The number of allylic oxidation sites excluding steroid dienone is 3. The summed E-state index contributed by atoms with van der Waals surface area (Å²) < 4.78 is 0. The maximum Gasteiger partial charge on any atom is 0.0719 e. The molecule has 1 nitrogen and oxygen atoms in total. The van der Waals surface area contributed by atoms with Gasteiger partial charge in [0.05, 0.1) is 5.41 Å². The largest absolute Gasteiger partial charge is 0.311 e. The number of rotatable bonds is 4. The molecule has 1 heteroatoms. The molecule has 0 saturated heterocycles. The van der Waals surface area contributed by atoms with Gasteiger partial charge in [-0.15, -0.1) is 0 Å². The third-order valence-electron chi connectivity index (χ3n) is 13.6. The Labute approximate surface area is 331 Å². The molecule has 0 fully saturated rings. The lowest BCUT2D eigenvalue weighted by Gasteiger charge is -2.46. The number of fused-ring (bicyclic) bond motifs is 12. The van der Waals surface area contributed by atoms with Gasteiger partial charge in [0.2, 0.25) is 0 Å². The molecule has 56 heavy (non-hydrogen) atoms. The van der Waals surface area contributed by atoms with Crippen molar-refractivity contribution in [2.75, 3.05) is 4.90 Å². The highest BCUT2D eigenvalue weighted by Crippen LogP contribution is 2.63. The fourth-order valence-electron chi connectivity index (χ4n) is 11.0. The molecular formula is C55H45N. The minimum atomic E-state index is -0.402. The van der Waals surface area contributed by atoms with E-state index < -0.39 is 5.41 Å². The highest BCUT2D eigenvalue weighted by Gasteiger charge is 2.53. The van der Waals surface area contributed by atoms with Gasteiger partial charge in [0.1, 0.15) is 0 Å². The number of para-hydroxylation sites is 1. The second-order valence-corrected chi connectivity index (χ2v) is 17.1. The number of anilines is 2. The van der Waals surface area contributed by atoms with Crippen molar-refractivity contribution in [2.24, 2.45) is 0 Å². The Balaban J connectivity index is 1.08. The monoisotopic (exact) mass is 719 g/mol. The number of benzene rings is 7. The van der Waals surface area contributed by atoms with E-state index in [1.54, 1.807) is 0 Å². The van der Waals surface area contributed by atoms with E-state index >= 15 is 0 Å². The lowest BCUT2D eigenvalue weighted by atomic mass is 9.55. The first kappa shape index (κ1) is 33.2. The van der Waals surface area contributed by atoms with Crippen LogP contribution in [0.15, 0.2) is 182 Å². The summed E-state index contributed by atoms with van der Waals surface area (Å²) in [4.78, 5) is 2.42. The topological polar surface area (TPSA) is 3.24 Å². The summed E-state index contributed by atoms with van der Waals surface area (Å²) in [6.07, 6.45) is 9.11. The molecule has 7 aromatic rings. The van der Waals surface area contributed by atoms with Crippen molar-refractivity contribution < 1.29 is 0 Å². The Morgan fingerprint density at radius 2 is 0.982 bits per heavy atom. The van der Waals surface area contributed by atoms with E-state index in [1.807, 2.05) is 0 Å². The zero-order chi connectivity index (χ0) is 37.8. The van der Waals surface area contributed by atoms with Gasteiger partial charge >= 0.3 is 0 Å². The van der Waals surface area contributed by atoms with E-state index in [0.29, 0.717) is 0 Å². The molecule has 270 valence electrons. The first-order chi connectivity index (χ1) is 27.3. The fraction of sp³-hybridized carbons (Fsp3) is 0.164. The Morgan fingerprint density at radius 1 is 0.411 bits per heavy atom. The molecule has 0 radical (unpaired) electrons. The smallest absolute Gasteiger partial charge is 0.0719 e. The van der Waals surface area contributed by atoms with E-state index in [0.717, 1.165) is 12.8 Å². The molecule has 0 unspecified atom stereocenters. The molecule has 4 aliphatic rings. The van der Waals surface area contributed by atoms with E-state index in [2.05, 4.69) is 209 Å². The summed E-state index contributed by atoms with van der Waals surface area (Å²) in [5.41, 5.74) is 22.0. The minimum Gasteiger partial charge on any atom is -0.311 e.